The summed E-state index contributed by atoms with van der Waals surface area (Å²) in [6.07, 6.45) is 1.81. The maximum Gasteiger partial charge on any atom is 0.266 e. The molecule has 0 radical (unpaired) electrons. The number of aryl methyl sites for hydroxylation is 1. The molecule has 0 spiro atoms. The molecule has 0 aliphatic rings. The third kappa shape index (κ3) is 3.52. The van der Waals surface area contributed by atoms with Gasteiger partial charge in [0.2, 0.25) is 0 Å². The van der Waals surface area contributed by atoms with Crippen LogP contribution in [0.2, 0.25) is 5.02 Å². The van der Waals surface area contributed by atoms with E-state index in [4.69, 9.17) is 11.6 Å². The van der Waals surface area contributed by atoms with Crippen molar-refractivity contribution in [1.82, 2.24) is 9.55 Å². The Morgan fingerprint density at radius 2 is 1.74 bits per heavy atom. The largest absolute Gasteiger partial charge is 0.268 e. The van der Waals surface area contributed by atoms with Gasteiger partial charge in [0.05, 0.1) is 22.3 Å². The van der Waals surface area contributed by atoms with E-state index in [0.29, 0.717) is 21.7 Å². The van der Waals surface area contributed by atoms with Crippen LogP contribution < -0.4 is 5.56 Å². The van der Waals surface area contributed by atoms with E-state index >= 15 is 0 Å². The standard InChI is InChI=1S/C22H16ClN3O/c1-15-25-21-12-7-17(23)13-20(21)22(27)26(15)19-10-8-18(9-11-19)24-14-16-5-3-2-4-6-16/h2-14H,1H3. The molecule has 0 fully saturated rings. The third-order valence-corrected chi connectivity index (χ3v) is 4.50. The van der Waals surface area contributed by atoms with E-state index < -0.39 is 0 Å². The summed E-state index contributed by atoms with van der Waals surface area (Å²) in [5.74, 6) is 0.621. The van der Waals surface area contributed by atoms with Crippen molar-refractivity contribution in [1.29, 1.82) is 0 Å². The molecule has 132 valence electrons. The van der Waals surface area contributed by atoms with Crippen LogP contribution in [0, 0.1) is 6.92 Å². The Balaban J connectivity index is 1.72. The molecular formula is C22H16ClN3O. The molecule has 0 N–H and O–H groups in total. The Bertz CT molecular complexity index is 1200. The first kappa shape index (κ1) is 17.2. The van der Waals surface area contributed by atoms with Crippen molar-refractivity contribution in [2.24, 2.45) is 4.99 Å². The highest BCUT2D eigenvalue weighted by Crippen LogP contribution is 2.19. The van der Waals surface area contributed by atoms with Gasteiger partial charge in [-0.1, -0.05) is 41.9 Å². The van der Waals surface area contributed by atoms with Gasteiger partial charge < -0.3 is 0 Å². The molecule has 0 aliphatic heterocycles. The first-order valence-corrected chi connectivity index (χ1v) is 8.88. The number of aromatic nitrogens is 2. The van der Waals surface area contributed by atoms with Gasteiger partial charge >= 0.3 is 0 Å². The molecule has 0 atom stereocenters. The molecule has 4 rings (SSSR count). The van der Waals surface area contributed by atoms with Crippen LogP contribution in [0.15, 0.2) is 82.6 Å². The Morgan fingerprint density at radius 1 is 1.00 bits per heavy atom. The average Bonchev–Trinajstić information content (AvgIpc) is 2.69. The number of hydrogen-bond donors (Lipinski definition) is 0. The zero-order chi connectivity index (χ0) is 18.8. The van der Waals surface area contributed by atoms with Gasteiger partial charge in [-0.3, -0.25) is 14.4 Å². The predicted molar refractivity (Wildman–Crippen MR) is 111 cm³/mol. The van der Waals surface area contributed by atoms with Crippen LogP contribution in [0.1, 0.15) is 11.4 Å². The monoisotopic (exact) mass is 373 g/mol. The normalized spacial score (nSPS) is 11.3. The number of aliphatic imine (C=N–C) groups is 1. The summed E-state index contributed by atoms with van der Waals surface area (Å²) in [5, 5.41) is 1.02. The van der Waals surface area contributed by atoms with Crippen LogP contribution in [0.3, 0.4) is 0 Å². The second-order valence-electron chi connectivity index (χ2n) is 6.15. The van der Waals surface area contributed by atoms with Gasteiger partial charge in [0.1, 0.15) is 5.82 Å². The quantitative estimate of drug-likeness (QED) is 0.469. The maximum absolute atomic E-state index is 12.9. The van der Waals surface area contributed by atoms with Crippen molar-refractivity contribution in [2.75, 3.05) is 0 Å². The van der Waals surface area contributed by atoms with E-state index in [1.54, 1.807) is 22.8 Å². The van der Waals surface area contributed by atoms with E-state index in [0.717, 1.165) is 16.9 Å². The molecule has 0 aliphatic carbocycles. The molecule has 1 aromatic heterocycles. The topological polar surface area (TPSA) is 47.2 Å². The number of nitrogens with zero attached hydrogens (tertiary/aromatic N) is 3. The van der Waals surface area contributed by atoms with Gasteiger partial charge in [0.25, 0.3) is 5.56 Å². The smallest absolute Gasteiger partial charge is 0.266 e. The summed E-state index contributed by atoms with van der Waals surface area (Å²) < 4.78 is 1.59. The molecule has 0 unspecified atom stereocenters. The minimum Gasteiger partial charge on any atom is -0.268 e. The van der Waals surface area contributed by atoms with Crippen molar-refractivity contribution in [3.8, 4) is 5.69 Å². The highest BCUT2D eigenvalue weighted by Gasteiger charge is 2.10. The Hall–Kier alpha value is -3.24. The molecular weight excluding hydrogens is 358 g/mol. The molecule has 4 aromatic rings. The van der Waals surface area contributed by atoms with E-state index in [2.05, 4.69) is 9.98 Å². The average molecular weight is 374 g/mol. The lowest BCUT2D eigenvalue weighted by atomic mass is 10.2. The summed E-state index contributed by atoms with van der Waals surface area (Å²) in [7, 11) is 0. The van der Waals surface area contributed by atoms with Gasteiger partial charge in [-0.05, 0) is 55.0 Å². The number of rotatable bonds is 3. The highest BCUT2D eigenvalue weighted by atomic mass is 35.5. The van der Waals surface area contributed by atoms with Crippen molar-refractivity contribution in [3.05, 3.63) is 99.6 Å². The van der Waals surface area contributed by atoms with Gasteiger partial charge in [0.15, 0.2) is 0 Å². The summed E-state index contributed by atoms with van der Waals surface area (Å²) in [4.78, 5) is 21.9. The van der Waals surface area contributed by atoms with Crippen molar-refractivity contribution in [2.45, 2.75) is 6.92 Å². The van der Waals surface area contributed by atoms with E-state index in [1.165, 1.54) is 0 Å². The van der Waals surface area contributed by atoms with Crippen molar-refractivity contribution in [3.63, 3.8) is 0 Å². The molecule has 5 heteroatoms. The first-order chi connectivity index (χ1) is 13.1. The van der Waals surface area contributed by atoms with Crippen LogP contribution in [-0.2, 0) is 0 Å². The molecule has 0 saturated heterocycles. The summed E-state index contributed by atoms with van der Waals surface area (Å²) >= 11 is 6.04. The SMILES string of the molecule is Cc1nc2ccc(Cl)cc2c(=O)n1-c1ccc(N=Cc2ccccc2)cc1. The minimum absolute atomic E-state index is 0.138. The summed E-state index contributed by atoms with van der Waals surface area (Å²) in [6.45, 7) is 1.82. The highest BCUT2D eigenvalue weighted by molar-refractivity contribution is 6.31. The molecule has 0 bridgehead atoms. The van der Waals surface area contributed by atoms with Crippen LogP contribution in [0.4, 0.5) is 5.69 Å². The number of benzene rings is 3. The fourth-order valence-corrected chi connectivity index (χ4v) is 3.12. The summed E-state index contributed by atoms with van der Waals surface area (Å²) in [6, 6.07) is 22.5. The first-order valence-electron chi connectivity index (χ1n) is 8.50. The van der Waals surface area contributed by atoms with Crippen molar-refractivity contribution >= 4 is 34.4 Å². The van der Waals surface area contributed by atoms with Crippen molar-refractivity contribution < 1.29 is 0 Å². The number of hydrogen-bond acceptors (Lipinski definition) is 3. The minimum atomic E-state index is -0.138. The van der Waals surface area contributed by atoms with E-state index in [9.17, 15) is 4.79 Å². The molecule has 27 heavy (non-hydrogen) atoms. The second kappa shape index (κ2) is 7.17. The molecule has 0 saturated carbocycles. The molecule has 3 aromatic carbocycles. The predicted octanol–water partition coefficient (Wildman–Crippen LogP) is 5.10. The Kier molecular flexibility index (Phi) is 4.57. The lowest BCUT2D eigenvalue weighted by molar-refractivity contribution is 0.895. The van der Waals surface area contributed by atoms with E-state index in [-0.39, 0.29) is 5.56 Å². The lowest BCUT2D eigenvalue weighted by Crippen LogP contribution is -2.22. The third-order valence-electron chi connectivity index (χ3n) is 4.27. The maximum atomic E-state index is 12.9. The van der Waals surface area contributed by atoms with Crippen LogP contribution in [0.5, 0.6) is 0 Å². The van der Waals surface area contributed by atoms with Crippen LogP contribution >= 0.6 is 11.6 Å². The number of fused-ring (bicyclic) bond motifs is 1. The van der Waals surface area contributed by atoms with Gasteiger partial charge in [-0.15, -0.1) is 0 Å². The van der Waals surface area contributed by atoms with Gasteiger partial charge in [-0.2, -0.15) is 0 Å². The summed E-state index contributed by atoms with van der Waals surface area (Å²) in [5.41, 5.74) is 3.09. The molecule has 1 heterocycles. The number of halogens is 1. The van der Waals surface area contributed by atoms with Gasteiger partial charge in [-0.25, -0.2) is 4.98 Å². The molecule has 0 amide bonds. The van der Waals surface area contributed by atoms with E-state index in [1.807, 2.05) is 67.7 Å². The van der Waals surface area contributed by atoms with Crippen LogP contribution in [0.25, 0.3) is 16.6 Å². The fraction of sp³-hybridized carbons (Fsp3) is 0.0455. The Morgan fingerprint density at radius 3 is 2.48 bits per heavy atom. The molecule has 4 nitrogen and oxygen atoms in total. The van der Waals surface area contributed by atoms with Crippen LogP contribution in [-0.4, -0.2) is 15.8 Å². The van der Waals surface area contributed by atoms with Gasteiger partial charge in [0, 0.05) is 11.2 Å². The Labute approximate surface area is 161 Å². The second-order valence-corrected chi connectivity index (χ2v) is 6.58. The zero-order valence-electron chi connectivity index (χ0n) is 14.6. The zero-order valence-corrected chi connectivity index (χ0v) is 15.4. The fourth-order valence-electron chi connectivity index (χ4n) is 2.95. The lowest BCUT2D eigenvalue weighted by Gasteiger charge is -2.11.